The van der Waals surface area contributed by atoms with Crippen molar-refractivity contribution in [3.05, 3.63) is 42.0 Å². The molecule has 1 aliphatic rings. The van der Waals surface area contributed by atoms with Gasteiger partial charge in [-0.05, 0) is 75.0 Å². The minimum atomic E-state index is 0.767. The Bertz CT molecular complexity index is 369. The van der Waals surface area contributed by atoms with E-state index in [-0.39, 0.29) is 0 Å². The maximum atomic E-state index is 5.74. The van der Waals surface area contributed by atoms with Gasteiger partial charge in [-0.25, -0.2) is 0 Å². The first-order valence-electron chi connectivity index (χ1n) is 7.26. The van der Waals surface area contributed by atoms with Gasteiger partial charge in [0.25, 0.3) is 0 Å². The van der Waals surface area contributed by atoms with Crippen LogP contribution in [0.15, 0.2) is 36.4 Å². The van der Waals surface area contributed by atoms with E-state index in [1.807, 2.05) is 12.1 Å². The van der Waals surface area contributed by atoms with Crippen molar-refractivity contribution in [3.8, 4) is 0 Å². The van der Waals surface area contributed by atoms with Crippen molar-refractivity contribution >= 4 is 5.69 Å². The minimum Gasteiger partial charge on any atom is -0.399 e. The molecule has 1 aromatic carbocycles. The maximum absolute atomic E-state index is 5.74. The van der Waals surface area contributed by atoms with Crippen LogP contribution >= 0.6 is 0 Å². The zero-order chi connectivity index (χ0) is 12.8. The summed E-state index contributed by atoms with van der Waals surface area (Å²) in [6.45, 7) is 2.11. The van der Waals surface area contributed by atoms with E-state index in [2.05, 4.69) is 31.2 Å². The van der Waals surface area contributed by atoms with Crippen molar-refractivity contribution < 1.29 is 0 Å². The molecule has 98 valence electrons. The third kappa shape index (κ3) is 3.63. The SMILES string of the molecule is C/C=C/CCC1CCC(c2ccc(N)cc2)CC1. The van der Waals surface area contributed by atoms with Crippen molar-refractivity contribution in [3.63, 3.8) is 0 Å². The highest BCUT2D eigenvalue weighted by molar-refractivity contribution is 5.40. The van der Waals surface area contributed by atoms with Crippen molar-refractivity contribution in [2.75, 3.05) is 5.73 Å². The van der Waals surface area contributed by atoms with Crippen LogP contribution in [0.25, 0.3) is 0 Å². The van der Waals surface area contributed by atoms with E-state index in [4.69, 9.17) is 5.73 Å². The molecule has 2 N–H and O–H groups in total. The summed E-state index contributed by atoms with van der Waals surface area (Å²) >= 11 is 0. The summed E-state index contributed by atoms with van der Waals surface area (Å²) in [5.41, 5.74) is 8.10. The lowest BCUT2D eigenvalue weighted by Gasteiger charge is -2.28. The third-order valence-corrected chi connectivity index (χ3v) is 4.23. The zero-order valence-corrected chi connectivity index (χ0v) is 11.4. The second-order valence-electron chi connectivity index (χ2n) is 5.53. The Hall–Kier alpha value is -1.24. The monoisotopic (exact) mass is 243 g/mol. The molecule has 0 aromatic heterocycles. The molecule has 0 amide bonds. The van der Waals surface area contributed by atoms with E-state index in [0.29, 0.717) is 0 Å². The zero-order valence-electron chi connectivity index (χ0n) is 11.4. The van der Waals surface area contributed by atoms with Gasteiger partial charge in [-0.15, -0.1) is 0 Å². The van der Waals surface area contributed by atoms with Crippen LogP contribution < -0.4 is 5.73 Å². The number of anilines is 1. The fourth-order valence-corrected chi connectivity index (χ4v) is 3.05. The van der Waals surface area contributed by atoms with E-state index in [9.17, 15) is 0 Å². The van der Waals surface area contributed by atoms with E-state index in [1.54, 1.807) is 0 Å². The largest absolute Gasteiger partial charge is 0.399 e. The topological polar surface area (TPSA) is 26.0 Å². The molecule has 1 fully saturated rings. The summed E-state index contributed by atoms with van der Waals surface area (Å²) in [7, 11) is 0. The van der Waals surface area contributed by atoms with Crippen LogP contribution in [-0.2, 0) is 0 Å². The van der Waals surface area contributed by atoms with Crippen molar-refractivity contribution in [1.29, 1.82) is 0 Å². The predicted octanol–water partition coefficient (Wildman–Crippen LogP) is 4.90. The normalized spacial score (nSPS) is 24.5. The minimum absolute atomic E-state index is 0.767. The van der Waals surface area contributed by atoms with Crippen molar-refractivity contribution in [2.45, 2.75) is 51.4 Å². The van der Waals surface area contributed by atoms with Crippen LogP contribution in [0.5, 0.6) is 0 Å². The number of hydrogen-bond donors (Lipinski definition) is 1. The number of rotatable bonds is 4. The Balaban J connectivity index is 1.81. The molecular formula is C17H25N. The number of nitrogens with two attached hydrogens (primary N) is 1. The predicted molar refractivity (Wildman–Crippen MR) is 79.6 cm³/mol. The van der Waals surface area contributed by atoms with Gasteiger partial charge in [-0.3, -0.25) is 0 Å². The summed E-state index contributed by atoms with van der Waals surface area (Å²) in [6, 6.07) is 8.49. The quantitative estimate of drug-likeness (QED) is 0.591. The Morgan fingerprint density at radius 3 is 2.39 bits per heavy atom. The first kappa shape index (κ1) is 13.2. The number of benzene rings is 1. The average molecular weight is 243 g/mol. The molecule has 1 saturated carbocycles. The first-order valence-corrected chi connectivity index (χ1v) is 7.26. The molecule has 2 rings (SSSR count). The molecule has 0 saturated heterocycles. The fourth-order valence-electron chi connectivity index (χ4n) is 3.05. The summed E-state index contributed by atoms with van der Waals surface area (Å²) in [5, 5.41) is 0. The van der Waals surface area contributed by atoms with Crippen LogP contribution in [-0.4, -0.2) is 0 Å². The van der Waals surface area contributed by atoms with E-state index < -0.39 is 0 Å². The Kier molecular flexibility index (Phi) is 4.86. The molecular weight excluding hydrogens is 218 g/mol. The lowest BCUT2D eigenvalue weighted by molar-refractivity contribution is 0.312. The molecule has 0 heterocycles. The molecule has 1 aliphatic carbocycles. The number of allylic oxidation sites excluding steroid dienone is 2. The van der Waals surface area contributed by atoms with Gasteiger partial charge in [0.15, 0.2) is 0 Å². The molecule has 0 bridgehead atoms. The average Bonchev–Trinajstić information content (AvgIpc) is 2.41. The number of nitrogen functional groups attached to an aromatic ring is 1. The van der Waals surface area contributed by atoms with Gasteiger partial charge in [-0.1, -0.05) is 24.3 Å². The molecule has 0 atom stereocenters. The molecule has 1 nitrogen and oxygen atoms in total. The van der Waals surface area contributed by atoms with Gasteiger partial charge in [0.2, 0.25) is 0 Å². The summed E-state index contributed by atoms with van der Waals surface area (Å²) < 4.78 is 0. The van der Waals surface area contributed by atoms with Gasteiger partial charge in [-0.2, -0.15) is 0 Å². The highest BCUT2D eigenvalue weighted by Gasteiger charge is 2.21. The second-order valence-corrected chi connectivity index (χ2v) is 5.53. The lowest BCUT2D eigenvalue weighted by Crippen LogP contribution is -2.13. The summed E-state index contributed by atoms with van der Waals surface area (Å²) in [4.78, 5) is 0. The van der Waals surface area contributed by atoms with Crippen molar-refractivity contribution in [2.24, 2.45) is 5.92 Å². The fraction of sp³-hybridized carbons (Fsp3) is 0.529. The standard InChI is InChI=1S/C17H25N/c1-2-3-4-5-14-6-8-15(9-7-14)16-10-12-17(18)13-11-16/h2-3,10-15H,4-9,18H2,1H3/b3-2+. The van der Waals surface area contributed by atoms with Crippen LogP contribution in [0.4, 0.5) is 5.69 Å². The van der Waals surface area contributed by atoms with Crippen LogP contribution in [0, 0.1) is 5.92 Å². The van der Waals surface area contributed by atoms with Gasteiger partial charge >= 0.3 is 0 Å². The molecule has 18 heavy (non-hydrogen) atoms. The van der Waals surface area contributed by atoms with Gasteiger partial charge < -0.3 is 5.73 Å². The van der Waals surface area contributed by atoms with Crippen molar-refractivity contribution in [1.82, 2.24) is 0 Å². The van der Waals surface area contributed by atoms with Crippen LogP contribution in [0.2, 0.25) is 0 Å². The van der Waals surface area contributed by atoms with Gasteiger partial charge in [0, 0.05) is 5.69 Å². The Morgan fingerprint density at radius 1 is 1.11 bits per heavy atom. The lowest BCUT2D eigenvalue weighted by atomic mass is 9.77. The molecule has 0 spiro atoms. The third-order valence-electron chi connectivity index (χ3n) is 4.23. The van der Waals surface area contributed by atoms with Crippen LogP contribution in [0.3, 0.4) is 0 Å². The molecule has 0 unspecified atom stereocenters. The van der Waals surface area contributed by atoms with E-state index in [1.165, 1.54) is 44.1 Å². The molecule has 1 heteroatoms. The number of hydrogen-bond acceptors (Lipinski definition) is 1. The second kappa shape index (κ2) is 6.63. The first-order chi connectivity index (χ1) is 8.79. The van der Waals surface area contributed by atoms with E-state index >= 15 is 0 Å². The van der Waals surface area contributed by atoms with Gasteiger partial charge in [0.05, 0.1) is 0 Å². The van der Waals surface area contributed by atoms with E-state index in [0.717, 1.165) is 17.5 Å². The molecule has 0 radical (unpaired) electrons. The highest BCUT2D eigenvalue weighted by atomic mass is 14.5. The summed E-state index contributed by atoms with van der Waals surface area (Å²) in [6.07, 6.45) is 12.6. The van der Waals surface area contributed by atoms with Crippen LogP contribution in [0.1, 0.15) is 56.9 Å². The Labute approximate surface area is 111 Å². The maximum Gasteiger partial charge on any atom is 0.0314 e. The summed E-state index contributed by atoms with van der Waals surface area (Å²) in [5.74, 6) is 1.72. The highest BCUT2D eigenvalue weighted by Crippen LogP contribution is 2.37. The Morgan fingerprint density at radius 2 is 1.78 bits per heavy atom. The smallest absolute Gasteiger partial charge is 0.0314 e. The van der Waals surface area contributed by atoms with Gasteiger partial charge in [0.1, 0.15) is 0 Å². The molecule has 0 aliphatic heterocycles. The molecule has 1 aromatic rings.